The standard InChI is InChI=1S/C12H14N2OS/c1-14-11(15)8-16-12(14)7-6-9-4-2-3-5-10(9)13-12/h2-5,13H,6-8H2,1H3. The van der Waals surface area contributed by atoms with Crippen molar-refractivity contribution in [3.8, 4) is 0 Å². The Hall–Kier alpha value is -1.16. The van der Waals surface area contributed by atoms with Gasteiger partial charge in [-0.15, -0.1) is 11.8 Å². The van der Waals surface area contributed by atoms with Gasteiger partial charge in [0.2, 0.25) is 5.91 Å². The van der Waals surface area contributed by atoms with Gasteiger partial charge in [-0.1, -0.05) is 18.2 Å². The molecule has 0 radical (unpaired) electrons. The average Bonchev–Trinajstić information content (AvgIpc) is 2.58. The molecule has 1 N–H and O–H groups in total. The molecule has 1 aromatic carbocycles. The molecule has 3 nitrogen and oxygen atoms in total. The van der Waals surface area contributed by atoms with Gasteiger partial charge in [-0.05, 0) is 18.1 Å². The monoisotopic (exact) mass is 234 g/mol. The molecule has 84 valence electrons. The van der Waals surface area contributed by atoms with E-state index < -0.39 is 0 Å². The molecule has 2 heterocycles. The van der Waals surface area contributed by atoms with Gasteiger partial charge in [-0.25, -0.2) is 0 Å². The van der Waals surface area contributed by atoms with Crippen LogP contribution in [0, 0.1) is 0 Å². The van der Waals surface area contributed by atoms with Gasteiger partial charge in [0, 0.05) is 19.2 Å². The highest BCUT2D eigenvalue weighted by Crippen LogP contribution is 2.43. The van der Waals surface area contributed by atoms with Gasteiger partial charge >= 0.3 is 0 Å². The second-order valence-electron chi connectivity index (χ2n) is 4.31. The second-order valence-corrected chi connectivity index (χ2v) is 5.56. The van der Waals surface area contributed by atoms with Gasteiger partial charge in [0.15, 0.2) is 4.99 Å². The molecule has 3 rings (SSSR count). The van der Waals surface area contributed by atoms with Crippen LogP contribution in [0.15, 0.2) is 24.3 Å². The maximum absolute atomic E-state index is 11.6. The predicted octanol–water partition coefficient (Wildman–Crippen LogP) is 1.90. The number of nitrogens with zero attached hydrogens (tertiary/aromatic N) is 1. The molecule has 4 heteroatoms. The van der Waals surface area contributed by atoms with E-state index in [1.54, 1.807) is 11.8 Å². The summed E-state index contributed by atoms with van der Waals surface area (Å²) in [7, 11) is 1.89. The fourth-order valence-electron chi connectivity index (χ4n) is 2.37. The van der Waals surface area contributed by atoms with Gasteiger partial charge in [0.05, 0.1) is 5.75 Å². The van der Waals surface area contributed by atoms with Crippen molar-refractivity contribution in [3.05, 3.63) is 29.8 Å². The van der Waals surface area contributed by atoms with Crippen LogP contribution < -0.4 is 5.32 Å². The molecule has 1 amide bonds. The number of hydrogen-bond acceptors (Lipinski definition) is 3. The summed E-state index contributed by atoms with van der Waals surface area (Å²) in [6.45, 7) is 0. The minimum absolute atomic E-state index is 0.203. The van der Waals surface area contributed by atoms with Crippen molar-refractivity contribution in [2.45, 2.75) is 17.8 Å². The fourth-order valence-corrected chi connectivity index (χ4v) is 3.65. The Morgan fingerprint density at radius 3 is 3.00 bits per heavy atom. The Kier molecular flexibility index (Phi) is 2.14. The number of anilines is 1. The number of aryl methyl sites for hydroxylation is 1. The van der Waals surface area contributed by atoms with E-state index in [1.165, 1.54) is 11.3 Å². The summed E-state index contributed by atoms with van der Waals surface area (Å²) in [5.74, 6) is 0.808. The Morgan fingerprint density at radius 2 is 2.25 bits per heavy atom. The van der Waals surface area contributed by atoms with Gasteiger partial charge < -0.3 is 10.2 Å². The van der Waals surface area contributed by atoms with E-state index >= 15 is 0 Å². The van der Waals surface area contributed by atoms with E-state index in [2.05, 4.69) is 23.5 Å². The molecular formula is C12H14N2OS. The summed E-state index contributed by atoms with van der Waals surface area (Å²) >= 11 is 1.71. The van der Waals surface area contributed by atoms with Crippen LogP contribution in [0.4, 0.5) is 5.69 Å². The van der Waals surface area contributed by atoms with Crippen LogP contribution in [-0.4, -0.2) is 28.6 Å². The summed E-state index contributed by atoms with van der Waals surface area (Å²) in [4.78, 5) is 13.3. The molecule has 0 saturated carbocycles. The fraction of sp³-hybridized carbons (Fsp3) is 0.417. The van der Waals surface area contributed by atoms with Crippen molar-refractivity contribution in [1.82, 2.24) is 4.90 Å². The zero-order valence-electron chi connectivity index (χ0n) is 9.19. The zero-order chi connectivity index (χ0) is 11.2. The van der Waals surface area contributed by atoms with Crippen molar-refractivity contribution >= 4 is 23.4 Å². The first-order valence-electron chi connectivity index (χ1n) is 5.48. The number of benzene rings is 1. The topological polar surface area (TPSA) is 32.3 Å². The van der Waals surface area contributed by atoms with Crippen molar-refractivity contribution in [3.63, 3.8) is 0 Å². The Balaban J connectivity index is 1.96. The molecular weight excluding hydrogens is 220 g/mol. The third-order valence-electron chi connectivity index (χ3n) is 3.43. The first kappa shape index (κ1) is 10.0. The number of carbonyl (C=O) groups is 1. The van der Waals surface area contributed by atoms with Crippen LogP contribution >= 0.6 is 11.8 Å². The minimum atomic E-state index is -0.203. The van der Waals surface area contributed by atoms with Gasteiger partial charge in [0.25, 0.3) is 0 Å². The molecule has 1 aromatic rings. The highest BCUT2D eigenvalue weighted by atomic mass is 32.2. The van der Waals surface area contributed by atoms with E-state index in [0.717, 1.165) is 12.8 Å². The van der Waals surface area contributed by atoms with E-state index in [0.29, 0.717) is 5.75 Å². The third-order valence-corrected chi connectivity index (χ3v) is 4.88. The lowest BCUT2D eigenvalue weighted by atomic mass is 10.0. The molecule has 2 aliphatic rings. The van der Waals surface area contributed by atoms with E-state index in [9.17, 15) is 4.79 Å². The molecule has 1 unspecified atom stereocenters. The maximum atomic E-state index is 11.6. The first-order valence-corrected chi connectivity index (χ1v) is 6.46. The number of amides is 1. The summed E-state index contributed by atoms with van der Waals surface area (Å²) in [5, 5.41) is 3.52. The molecule has 0 aromatic heterocycles. The summed E-state index contributed by atoms with van der Waals surface area (Å²) in [6, 6.07) is 8.34. The Bertz CT molecular complexity index is 448. The third kappa shape index (κ3) is 1.33. The molecule has 1 spiro atoms. The molecule has 2 aliphatic heterocycles. The first-order chi connectivity index (χ1) is 7.71. The van der Waals surface area contributed by atoms with Crippen molar-refractivity contribution in [2.75, 3.05) is 18.1 Å². The van der Waals surface area contributed by atoms with E-state index in [4.69, 9.17) is 0 Å². The van der Waals surface area contributed by atoms with E-state index in [1.807, 2.05) is 18.0 Å². The van der Waals surface area contributed by atoms with Crippen LogP contribution in [0.5, 0.6) is 0 Å². The molecule has 1 fully saturated rings. The van der Waals surface area contributed by atoms with Crippen molar-refractivity contribution in [2.24, 2.45) is 0 Å². The van der Waals surface area contributed by atoms with Crippen LogP contribution in [0.1, 0.15) is 12.0 Å². The zero-order valence-corrected chi connectivity index (χ0v) is 10.0. The summed E-state index contributed by atoms with van der Waals surface area (Å²) in [5.41, 5.74) is 2.52. The Morgan fingerprint density at radius 1 is 1.44 bits per heavy atom. The molecule has 0 bridgehead atoms. The number of para-hydroxylation sites is 1. The number of thioether (sulfide) groups is 1. The molecule has 1 saturated heterocycles. The number of nitrogens with one attached hydrogen (secondary N) is 1. The van der Waals surface area contributed by atoms with Crippen molar-refractivity contribution < 1.29 is 4.79 Å². The average molecular weight is 234 g/mol. The lowest BCUT2D eigenvalue weighted by Crippen LogP contribution is -2.49. The largest absolute Gasteiger partial charge is 0.354 e. The molecule has 16 heavy (non-hydrogen) atoms. The van der Waals surface area contributed by atoms with E-state index in [-0.39, 0.29) is 10.9 Å². The smallest absolute Gasteiger partial charge is 0.234 e. The quantitative estimate of drug-likeness (QED) is 0.744. The number of rotatable bonds is 0. The van der Waals surface area contributed by atoms with Crippen LogP contribution in [-0.2, 0) is 11.2 Å². The van der Waals surface area contributed by atoms with Gasteiger partial charge in [-0.3, -0.25) is 4.79 Å². The van der Waals surface area contributed by atoms with Crippen molar-refractivity contribution in [1.29, 1.82) is 0 Å². The van der Waals surface area contributed by atoms with Gasteiger partial charge in [-0.2, -0.15) is 0 Å². The summed E-state index contributed by atoms with van der Waals surface area (Å²) in [6.07, 6.45) is 2.02. The number of fused-ring (bicyclic) bond motifs is 1. The number of hydrogen-bond donors (Lipinski definition) is 1. The normalized spacial score (nSPS) is 28.1. The highest BCUT2D eigenvalue weighted by molar-refractivity contribution is 8.01. The Labute approximate surface area is 99.2 Å². The SMILES string of the molecule is CN1C(=O)CSC12CCc1ccccc1N2. The van der Waals surface area contributed by atoms with Gasteiger partial charge in [0.1, 0.15) is 0 Å². The second kappa shape index (κ2) is 3.42. The van der Waals surface area contributed by atoms with Crippen LogP contribution in [0.3, 0.4) is 0 Å². The summed E-state index contributed by atoms with van der Waals surface area (Å²) < 4.78 is 0. The highest BCUT2D eigenvalue weighted by Gasteiger charge is 2.45. The minimum Gasteiger partial charge on any atom is -0.354 e. The lowest BCUT2D eigenvalue weighted by molar-refractivity contribution is -0.128. The number of carbonyl (C=O) groups excluding carboxylic acids is 1. The lowest BCUT2D eigenvalue weighted by Gasteiger charge is -2.40. The maximum Gasteiger partial charge on any atom is 0.234 e. The molecule has 1 atom stereocenters. The predicted molar refractivity (Wildman–Crippen MR) is 66.3 cm³/mol. The molecule has 0 aliphatic carbocycles. The van der Waals surface area contributed by atoms with Crippen LogP contribution in [0.25, 0.3) is 0 Å². The van der Waals surface area contributed by atoms with Crippen LogP contribution in [0.2, 0.25) is 0 Å².